The Hall–Kier alpha value is -6.09. The Balaban J connectivity index is 1.67. The molecule has 12 heteroatoms. The van der Waals surface area contributed by atoms with Gasteiger partial charge in [-0.1, -0.05) is 48.5 Å². The lowest BCUT2D eigenvalue weighted by molar-refractivity contribution is 0.0696. The highest BCUT2D eigenvalue weighted by molar-refractivity contribution is 5.95. The molecule has 0 unspecified atom stereocenters. The summed E-state index contributed by atoms with van der Waals surface area (Å²) in [5.41, 5.74) is 8.12. The fourth-order valence-corrected chi connectivity index (χ4v) is 3.85. The first-order chi connectivity index (χ1) is 18.9. The number of nitrogens with zero attached hydrogens (tertiary/aromatic N) is 7. The Bertz CT molecular complexity index is 1750. The molecule has 2 heterocycles. The monoisotopic (exact) mass is 518 g/mol. The molecule has 0 amide bonds. The third-order valence-corrected chi connectivity index (χ3v) is 5.69. The van der Waals surface area contributed by atoms with E-state index in [1.807, 2.05) is 60.7 Å². The number of para-hydroxylation sites is 1. The van der Waals surface area contributed by atoms with Crippen molar-refractivity contribution in [1.29, 1.82) is 0 Å². The van der Waals surface area contributed by atoms with Crippen LogP contribution in [0.5, 0.6) is 0 Å². The summed E-state index contributed by atoms with van der Waals surface area (Å²) < 4.78 is 2.68. The number of hydrogen-bond donors (Lipinski definition) is 3. The van der Waals surface area contributed by atoms with Gasteiger partial charge in [0.1, 0.15) is 5.69 Å². The maximum absolute atomic E-state index is 11.6. The van der Waals surface area contributed by atoms with Crippen LogP contribution < -0.4 is 5.73 Å². The van der Waals surface area contributed by atoms with E-state index in [-0.39, 0.29) is 39.8 Å². The maximum Gasteiger partial charge on any atom is 0.335 e. The normalized spacial score (nSPS) is 10.9. The van der Waals surface area contributed by atoms with Crippen LogP contribution in [0.3, 0.4) is 0 Å². The minimum absolute atomic E-state index is 0.00615. The average Bonchev–Trinajstić information content (AvgIpc) is 3.52. The van der Waals surface area contributed by atoms with Crippen molar-refractivity contribution in [3.05, 3.63) is 108 Å². The fourth-order valence-electron chi connectivity index (χ4n) is 3.85. The molecule has 5 rings (SSSR count). The number of benzene rings is 3. The van der Waals surface area contributed by atoms with Gasteiger partial charge < -0.3 is 15.9 Å². The molecule has 0 aliphatic carbocycles. The predicted octanol–water partition coefficient (Wildman–Crippen LogP) is 5.67. The molecule has 12 nitrogen and oxygen atoms in total. The van der Waals surface area contributed by atoms with Crippen molar-refractivity contribution in [2.24, 2.45) is 10.2 Å². The summed E-state index contributed by atoms with van der Waals surface area (Å²) >= 11 is 0. The lowest BCUT2D eigenvalue weighted by atomic mass is 10.1. The number of carbonyl (C=O) groups is 2. The third-order valence-electron chi connectivity index (χ3n) is 5.69. The van der Waals surface area contributed by atoms with E-state index in [4.69, 9.17) is 12.3 Å². The molecule has 4 N–H and O–H groups in total. The van der Waals surface area contributed by atoms with Crippen molar-refractivity contribution < 1.29 is 19.8 Å². The van der Waals surface area contributed by atoms with E-state index in [0.717, 1.165) is 16.3 Å². The Morgan fingerprint density at radius 2 is 1.46 bits per heavy atom. The molecule has 0 aliphatic heterocycles. The summed E-state index contributed by atoms with van der Waals surface area (Å²) in [6, 6.07) is 21.9. The molecule has 39 heavy (non-hydrogen) atoms. The number of nitrogens with two attached hydrogens (primary N) is 1. The van der Waals surface area contributed by atoms with Gasteiger partial charge in [0.05, 0.1) is 35.3 Å². The van der Waals surface area contributed by atoms with Gasteiger partial charge in [-0.2, -0.15) is 10.2 Å². The van der Waals surface area contributed by atoms with E-state index < -0.39 is 11.9 Å². The highest BCUT2D eigenvalue weighted by atomic mass is 16.4. The molecular formula is C27H18N8O4. The van der Waals surface area contributed by atoms with E-state index in [1.165, 1.54) is 23.0 Å². The molecule has 5 aromatic rings. The van der Waals surface area contributed by atoms with Gasteiger partial charge in [-0.3, -0.25) is 0 Å². The zero-order valence-corrected chi connectivity index (χ0v) is 20.0. The summed E-state index contributed by atoms with van der Waals surface area (Å²) in [7, 11) is 0. The van der Waals surface area contributed by atoms with Gasteiger partial charge in [0.25, 0.3) is 5.69 Å². The van der Waals surface area contributed by atoms with E-state index in [0.29, 0.717) is 11.4 Å². The summed E-state index contributed by atoms with van der Waals surface area (Å²) in [6.45, 7) is 7.54. The number of nitrogen functional groups attached to an aromatic ring is 1. The number of hydrogen-bond acceptors (Lipinski definition) is 7. The van der Waals surface area contributed by atoms with Crippen LogP contribution in [-0.4, -0.2) is 41.7 Å². The minimum atomic E-state index is -1.33. The average molecular weight is 518 g/mol. The van der Waals surface area contributed by atoms with Crippen LogP contribution in [0, 0.1) is 6.57 Å². The van der Waals surface area contributed by atoms with E-state index in [1.54, 1.807) is 0 Å². The number of aromatic carboxylic acids is 2. The van der Waals surface area contributed by atoms with Gasteiger partial charge in [-0.05, 0) is 30.3 Å². The fraction of sp³-hybridized carbons (Fsp3) is 0. The lowest BCUT2D eigenvalue weighted by Gasteiger charge is -2.08. The van der Waals surface area contributed by atoms with Crippen molar-refractivity contribution in [2.45, 2.75) is 0 Å². The SMILES string of the molecule is [C-]#[N+]c1cnn(-c2cc(C(=O)O)cc(C(=O)O)c2)c1N=Nc1c(-c2ccccc2)nn(-c2ccccc2)c1N. The van der Waals surface area contributed by atoms with E-state index in [9.17, 15) is 19.8 Å². The predicted molar refractivity (Wildman–Crippen MR) is 141 cm³/mol. The molecule has 0 saturated carbocycles. The first kappa shape index (κ1) is 24.6. The summed E-state index contributed by atoms with van der Waals surface area (Å²) in [5.74, 6) is -2.50. The van der Waals surface area contributed by atoms with Crippen molar-refractivity contribution in [2.75, 3.05) is 5.73 Å². The zero-order chi connectivity index (χ0) is 27.5. The lowest BCUT2D eigenvalue weighted by Crippen LogP contribution is -2.06. The summed E-state index contributed by atoms with van der Waals surface area (Å²) in [4.78, 5) is 26.6. The first-order valence-electron chi connectivity index (χ1n) is 11.4. The topological polar surface area (TPSA) is 165 Å². The van der Waals surface area contributed by atoms with Crippen LogP contribution in [0.1, 0.15) is 20.7 Å². The summed E-state index contributed by atoms with van der Waals surface area (Å²) in [5, 5.41) is 36.4. The largest absolute Gasteiger partial charge is 0.478 e. The molecule has 0 spiro atoms. The highest BCUT2D eigenvalue weighted by Gasteiger charge is 2.21. The third kappa shape index (κ3) is 4.70. The Morgan fingerprint density at radius 3 is 2.05 bits per heavy atom. The Morgan fingerprint density at radius 1 is 0.846 bits per heavy atom. The number of azo groups is 1. The van der Waals surface area contributed by atoms with Gasteiger partial charge in [-0.15, -0.1) is 10.2 Å². The van der Waals surface area contributed by atoms with Crippen LogP contribution >= 0.6 is 0 Å². The zero-order valence-electron chi connectivity index (χ0n) is 20.0. The number of anilines is 1. The van der Waals surface area contributed by atoms with Crippen LogP contribution in [-0.2, 0) is 0 Å². The molecule has 3 aromatic carbocycles. The minimum Gasteiger partial charge on any atom is -0.478 e. The number of aromatic nitrogens is 4. The molecule has 190 valence electrons. The van der Waals surface area contributed by atoms with Gasteiger partial charge in [0.15, 0.2) is 17.3 Å². The number of rotatable bonds is 7. The van der Waals surface area contributed by atoms with Crippen molar-refractivity contribution in [1.82, 2.24) is 19.6 Å². The second-order valence-electron chi connectivity index (χ2n) is 8.15. The molecule has 0 bridgehead atoms. The van der Waals surface area contributed by atoms with Gasteiger partial charge in [-0.25, -0.2) is 23.8 Å². The standard InChI is InChI=1S/C27H18N8O4/c1-29-21-15-30-35(20-13-17(26(36)37)12-18(14-20)27(38)39)25(21)32-31-23-22(16-8-4-2-5-9-16)33-34(24(23)28)19-10-6-3-7-11-19/h2-15H,28H2,(H,36,37)(H,38,39). The Labute approximate surface area is 220 Å². The second-order valence-corrected chi connectivity index (χ2v) is 8.15. The van der Waals surface area contributed by atoms with Crippen LogP contribution in [0.25, 0.3) is 27.5 Å². The van der Waals surface area contributed by atoms with Crippen LogP contribution in [0.15, 0.2) is 95.3 Å². The van der Waals surface area contributed by atoms with Crippen molar-refractivity contribution in [3.8, 4) is 22.6 Å². The molecule has 0 aliphatic rings. The molecule has 2 aromatic heterocycles. The quantitative estimate of drug-likeness (QED) is 0.184. The smallest absolute Gasteiger partial charge is 0.335 e. The first-order valence-corrected chi connectivity index (χ1v) is 11.4. The van der Waals surface area contributed by atoms with E-state index >= 15 is 0 Å². The maximum atomic E-state index is 11.6. The molecular weight excluding hydrogens is 500 g/mol. The molecule has 0 saturated heterocycles. The molecule has 0 radical (unpaired) electrons. The van der Waals surface area contributed by atoms with Gasteiger partial charge in [0.2, 0.25) is 0 Å². The van der Waals surface area contributed by atoms with Gasteiger partial charge >= 0.3 is 11.9 Å². The second kappa shape index (κ2) is 10.1. The summed E-state index contributed by atoms with van der Waals surface area (Å²) in [6.07, 6.45) is 1.23. The Kier molecular flexibility index (Phi) is 6.38. The van der Waals surface area contributed by atoms with Crippen molar-refractivity contribution >= 4 is 34.9 Å². The van der Waals surface area contributed by atoms with Crippen LogP contribution in [0.2, 0.25) is 0 Å². The highest BCUT2D eigenvalue weighted by Crippen LogP contribution is 2.39. The van der Waals surface area contributed by atoms with E-state index in [2.05, 4.69) is 25.3 Å². The molecule has 0 atom stereocenters. The van der Waals surface area contributed by atoms with Crippen LogP contribution in [0.4, 0.5) is 23.0 Å². The number of carboxylic acids is 2. The van der Waals surface area contributed by atoms with Gasteiger partial charge in [0, 0.05) is 5.56 Å². The van der Waals surface area contributed by atoms with Crippen molar-refractivity contribution in [3.63, 3.8) is 0 Å². The molecule has 0 fully saturated rings. The number of carboxylic acid groups (broad SMARTS) is 2.